The minimum Gasteiger partial charge on any atom is -0.382 e. The van der Waals surface area contributed by atoms with E-state index in [2.05, 4.69) is 72.1 Å². The van der Waals surface area contributed by atoms with Crippen LogP contribution in [0.1, 0.15) is 93.9 Å². The molecular weight excluding hydrogens is 394 g/mol. The van der Waals surface area contributed by atoms with Crippen LogP contribution < -0.4 is 0 Å². The van der Waals surface area contributed by atoms with Gasteiger partial charge in [0.05, 0.1) is 32.0 Å². The van der Waals surface area contributed by atoms with Crippen LogP contribution in [0.25, 0.3) is 0 Å². The summed E-state index contributed by atoms with van der Waals surface area (Å²) < 4.78 is 17.0. The molecule has 0 aromatic carbocycles. The van der Waals surface area contributed by atoms with Gasteiger partial charge in [-0.15, -0.1) is 0 Å². The van der Waals surface area contributed by atoms with Gasteiger partial charge in [0.2, 0.25) is 0 Å². The first-order valence-corrected chi connectivity index (χ1v) is 13.1. The third-order valence-electron chi connectivity index (χ3n) is 5.69. The molecule has 0 amide bonds. The van der Waals surface area contributed by atoms with Gasteiger partial charge in [-0.2, -0.15) is 11.8 Å². The molecule has 182 valence electrons. The summed E-state index contributed by atoms with van der Waals surface area (Å²) in [6.45, 7) is 23.5. The van der Waals surface area contributed by atoms with E-state index in [9.17, 15) is 0 Å². The summed E-state index contributed by atoms with van der Waals surface area (Å²) in [5, 5.41) is 0. The van der Waals surface area contributed by atoms with Crippen LogP contribution in [0, 0.1) is 0 Å². The number of unbranched alkanes of at least 4 members (excludes halogenated alkanes) is 2. The zero-order chi connectivity index (χ0) is 23.1. The van der Waals surface area contributed by atoms with Crippen molar-refractivity contribution < 1.29 is 14.2 Å². The van der Waals surface area contributed by atoms with E-state index >= 15 is 0 Å². The van der Waals surface area contributed by atoms with E-state index in [0.29, 0.717) is 26.4 Å². The maximum Gasteiger partial charge on any atom is 0.0707 e. The molecule has 0 bridgehead atoms. The molecule has 0 aliphatic carbocycles. The fourth-order valence-corrected chi connectivity index (χ4v) is 4.63. The minimum absolute atomic E-state index is 0.135. The summed E-state index contributed by atoms with van der Waals surface area (Å²) >= 11 is 2.13. The molecule has 0 saturated carbocycles. The Morgan fingerprint density at radius 3 is 2.03 bits per heavy atom. The van der Waals surface area contributed by atoms with Crippen molar-refractivity contribution in [1.29, 1.82) is 0 Å². The lowest BCUT2D eigenvalue weighted by Gasteiger charge is -2.44. The van der Waals surface area contributed by atoms with Gasteiger partial charge in [0.25, 0.3) is 0 Å². The molecule has 30 heavy (non-hydrogen) atoms. The van der Waals surface area contributed by atoms with Gasteiger partial charge in [-0.05, 0) is 79.5 Å². The molecule has 0 saturated heterocycles. The molecular formula is C25H53NO3S. The number of ether oxygens (including phenoxy) is 3. The molecule has 5 heteroatoms. The Labute approximate surface area is 193 Å². The average Bonchev–Trinajstić information content (AvgIpc) is 2.66. The van der Waals surface area contributed by atoms with E-state index in [-0.39, 0.29) is 15.9 Å². The van der Waals surface area contributed by atoms with Gasteiger partial charge in [-0.1, -0.05) is 26.7 Å². The van der Waals surface area contributed by atoms with Crippen molar-refractivity contribution in [2.75, 3.05) is 52.4 Å². The van der Waals surface area contributed by atoms with Crippen LogP contribution in [-0.4, -0.2) is 73.2 Å². The number of methoxy groups -OCH3 is 1. The Kier molecular flexibility index (Phi) is 16.0. The Balaban J connectivity index is 4.71. The standard InChI is InChI=1S/C25H53NO3S/c1-10-12-16-26(22-25(7,8)30-21-13-11-2)23(3,4)14-15-24(5,6)29-20-19-28-18-17-27-9/h10-22H2,1-9H3. The van der Waals surface area contributed by atoms with E-state index < -0.39 is 0 Å². The van der Waals surface area contributed by atoms with Crippen LogP contribution in [0.3, 0.4) is 0 Å². The van der Waals surface area contributed by atoms with E-state index in [1.165, 1.54) is 38.0 Å². The summed E-state index contributed by atoms with van der Waals surface area (Å²) in [5.41, 5.74) is 0.0249. The topological polar surface area (TPSA) is 30.9 Å². The number of hydrogen-bond acceptors (Lipinski definition) is 5. The van der Waals surface area contributed by atoms with Crippen molar-refractivity contribution in [3.05, 3.63) is 0 Å². The molecule has 0 aliphatic rings. The maximum atomic E-state index is 6.14. The molecule has 0 spiro atoms. The number of rotatable bonds is 20. The molecule has 0 aromatic rings. The highest BCUT2D eigenvalue weighted by atomic mass is 32.2. The maximum absolute atomic E-state index is 6.14. The van der Waals surface area contributed by atoms with Crippen molar-refractivity contribution in [3.8, 4) is 0 Å². The van der Waals surface area contributed by atoms with Crippen LogP contribution in [0.4, 0.5) is 0 Å². The number of hydrogen-bond donors (Lipinski definition) is 0. The van der Waals surface area contributed by atoms with Gasteiger partial charge in [0, 0.05) is 23.9 Å². The lowest BCUT2D eigenvalue weighted by Crippen LogP contribution is -2.50. The summed E-state index contributed by atoms with van der Waals surface area (Å²) in [4.78, 5) is 2.74. The monoisotopic (exact) mass is 447 g/mol. The average molecular weight is 448 g/mol. The van der Waals surface area contributed by atoms with Gasteiger partial charge in [0.1, 0.15) is 0 Å². The minimum atomic E-state index is -0.135. The van der Waals surface area contributed by atoms with E-state index in [0.717, 1.165) is 19.4 Å². The van der Waals surface area contributed by atoms with Gasteiger partial charge in [0.15, 0.2) is 0 Å². The van der Waals surface area contributed by atoms with Crippen LogP contribution in [0.15, 0.2) is 0 Å². The van der Waals surface area contributed by atoms with E-state index in [4.69, 9.17) is 14.2 Å². The largest absolute Gasteiger partial charge is 0.382 e. The Morgan fingerprint density at radius 2 is 1.43 bits per heavy atom. The van der Waals surface area contributed by atoms with Crippen LogP contribution in [-0.2, 0) is 14.2 Å². The first-order valence-electron chi connectivity index (χ1n) is 12.1. The quantitative estimate of drug-likeness (QED) is 0.201. The fourth-order valence-electron chi connectivity index (χ4n) is 3.40. The summed E-state index contributed by atoms with van der Waals surface area (Å²) in [5.74, 6) is 1.26. The second kappa shape index (κ2) is 15.9. The summed E-state index contributed by atoms with van der Waals surface area (Å²) in [6, 6.07) is 0. The summed E-state index contributed by atoms with van der Waals surface area (Å²) in [6.07, 6.45) is 7.27. The van der Waals surface area contributed by atoms with Crippen molar-refractivity contribution in [2.24, 2.45) is 0 Å². The Hall–Kier alpha value is 0.190. The lowest BCUT2D eigenvalue weighted by molar-refractivity contribution is -0.0614. The van der Waals surface area contributed by atoms with Gasteiger partial charge >= 0.3 is 0 Å². The highest BCUT2D eigenvalue weighted by Crippen LogP contribution is 2.32. The number of thioether (sulfide) groups is 1. The Bertz CT molecular complexity index is 413. The van der Waals surface area contributed by atoms with E-state index in [1.807, 2.05) is 0 Å². The van der Waals surface area contributed by atoms with Gasteiger partial charge < -0.3 is 14.2 Å². The SMILES string of the molecule is CCCCSC(C)(C)CN(CCCC)C(C)(C)CCC(C)(C)OCCOCCOC. The molecule has 0 atom stereocenters. The highest BCUT2D eigenvalue weighted by Gasteiger charge is 2.33. The van der Waals surface area contributed by atoms with Crippen LogP contribution >= 0.6 is 11.8 Å². The molecule has 0 heterocycles. The third kappa shape index (κ3) is 15.1. The highest BCUT2D eigenvalue weighted by molar-refractivity contribution is 8.00. The molecule has 0 N–H and O–H groups in total. The number of nitrogens with zero attached hydrogens (tertiary/aromatic N) is 1. The molecule has 0 radical (unpaired) electrons. The van der Waals surface area contributed by atoms with Crippen molar-refractivity contribution in [1.82, 2.24) is 4.90 Å². The van der Waals surface area contributed by atoms with Gasteiger partial charge in [-0.25, -0.2) is 0 Å². The first kappa shape index (κ1) is 30.2. The second-order valence-electron chi connectivity index (χ2n) is 10.3. The predicted octanol–water partition coefficient (Wildman–Crippen LogP) is 6.42. The van der Waals surface area contributed by atoms with Gasteiger partial charge in [-0.3, -0.25) is 4.90 Å². The Morgan fingerprint density at radius 1 is 0.800 bits per heavy atom. The lowest BCUT2D eigenvalue weighted by atomic mass is 9.89. The smallest absolute Gasteiger partial charge is 0.0707 e. The molecule has 0 fully saturated rings. The zero-order valence-corrected chi connectivity index (χ0v) is 22.6. The van der Waals surface area contributed by atoms with Crippen LogP contribution in [0.2, 0.25) is 0 Å². The molecule has 0 aromatic heterocycles. The summed E-state index contributed by atoms with van der Waals surface area (Å²) in [7, 11) is 1.69. The fraction of sp³-hybridized carbons (Fsp3) is 1.00. The van der Waals surface area contributed by atoms with Crippen molar-refractivity contribution in [2.45, 2.75) is 110 Å². The first-order chi connectivity index (χ1) is 14.0. The zero-order valence-electron chi connectivity index (χ0n) is 21.8. The van der Waals surface area contributed by atoms with Crippen molar-refractivity contribution >= 4 is 11.8 Å². The normalized spacial score (nSPS) is 13.4. The molecule has 4 nitrogen and oxygen atoms in total. The molecule has 0 rings (SSSR count). The van der Waals surface area contributed by atoms with E-state index in [1.54, 1.807) is 7.11 Å². The predicted molar refractivity (Wildman–Crippen MR) is 134 cm³/mol. The van der Waals surface area contributed by atoms with Crippen molar-refractivity contribution in [3.63, 3.8) is 0 Å². The molecule has 0 unspecified atom stereocenters. The third-order valence-corrected chi connectivity index (χ3v) is 7.09. The molecule has 0 aliphatic heterocycles. The van der Waals surface area contributed by atoms with Crippen LogP contribution in [0.5, 0.6) is 0 Å². The second-order valence-corrected chi connectivity index (χ2v) is 12.1.